The van der Waals surface area contributed by atoms with Gasteiger partial charge >= 0.3 is 0 Å². The second-order valence-corrected chi connectivity index (χ2v) is 5.58. The summed E-state index contributed by atoms with van der Waals surface area (Å²) in [5.74, 6) is 1.01. The Morgan fingerprint density at radius 3 is 3.05 bits per heavy atom. The van der Waals surface area contributed by atoms with Crippen LogP contribution in [-0.2, 0) is 19.9 Å². The van der Waals surface area contributed by atoms with E-state index >= 15 is 0 Å². The number of likely N-dealkylation sites (N-methyl/N-ethyl adjacent to an activating group) is 1. The SMILES string of the molecule is CNC(Cc1cc(Cl)cc2c1OCC2)c1cnn(C)c1. The number of aryl methyl sites for hydroxylation is 1. The smallest absolute Gasteiger partial charge is 0.125 e. The fraction of sp³-hybridized carbons (Fsp3) is 0.400. The molecule has 0 fully saturated rings. The van der Waals surface area contributed by atoms with Gasteiger partial charge in [0.2, 0.25) is 0 Å². The van der Waals surface area contributed by atoms with E-state index in [1.807, 2.05) is 43.3 Å². The lowest BCUT2D eigenvalue weighted by atomic mass is 9.98. The maximum Gasteiger partial charge on any atom is 0.125 e. The number of ether oxygens (including phenoxy) is 1. The molecule has 4 nitrogen and oxygen atoms in total. The van der Waals surface area contributed by atoms with Crippen molar-refractivity contribution in [2.45, 2.75) is 18.9 Å². The molecule has 2 aromatic rings. The van der Waals surface area contributed by atoms with E-state index in [0.717, 1.165) is 35.8 Å². The van der Waals surface area contributed by atoms with Gasteiger partial charge in [-0.05, 0) is 36.7 Å². The summed E-state index contributed by atoms with van der Waals surface area (Å²) in [7, 11) is 3.89. The molecule has 1 unspecified atom stereocenters. The highest BCUT2D eigenvalue weighted by Gasteiger charge is 2.21. The normalized spacial score (nSPS) is 14.9. The summed E-state index contributed by atoms with van der Waals surface area (Å²) in [6, 6.07) is 4.22. The minimum atomic E-state index is 0.204. The van der Waals surface area contributed by atoms with Crippen molar-refractivity contribution in [2.24, 2.45) is 7.05 Å². The Hall–Kier alpha value is -1.52. The predicted molar refractivity (Wildman–Crippen MR) is 79.4 cm³/mol. The van der Waals surface area contributed by atoms with Crippen molar-refractivity contribution in [3.63, 3.8) is 0 Å². The molecule has 1 atom stereocenters. The molecular formula is C15H18ClN3O. The van der Waals surface area contributed by atoms with Crippen LogP contribution in [-0.4, -0.2) is 23.4 Å². The number of fused-ring (bicyclic) bond motifs is 1. The molecule has 0 bridgehead atoms. The maximum atomic E-state index is 6.21. The molecule has 0 radical (unpaired) electrons. The second-order valence-electron chi connectivity index (χ2n) is 5.14. The number of hydrogen-bond donors (Lipinski definition) is 1. The average Bonchev–Trinajstić information content (AvgIpc) is 3.04. The van der Waals surface area contributed by atoms with Crippen molar-refractivity contribution in [2.75, 3.05) is 13.7 Å². The van der Waals surface area contributed by atoms with E-state index in [1.54, 1.807) is 0 Å². The molecule has 20 heavy (non-hydrogen) atoms. The van der Waals surface area contributed by atoms with Crippen LogP contribution in [0.3, 0.4) is 0 Å². The van der Waals surface area contributed by atoms with E-state index < -0.39 is 0 Å². The topological polar surface area (TPSA) is 39.1 Å². The van der Waals surface area contributed by atoms with E-state index in [4.69, 9.17) is 16.3 Å². The number of benzene rings is 1. The maximum absolute atomic E-state index is 6.21. The van der Waals surface area contributed by atoms with Gasteiger partial charge in [-0.3, -0.25) is 4.68 Å². The zero-order chi connectivity index (χ0) is 14.1. The Morgan fingerprint density at radius 2 is 2.35 bits per heavy atom. The number of aromatic nitrogens is 2. The summed E-state index contributed by atoms with van der Waals surface area (Å²) >= 11 is 6.21. The molecule has 106 valence electrons. The first-order valence-corrected chi connectivity index (χ1v) is 7.15. The zero-order valence-corrected chi connectivity index (χ0v) is 12.4. The number of nitrogens with zero attached hydrogens (tertiary/aromatic N) is 2. The monoisotopic (exact) mass is 291 g/mol. The lowest BCUT2D eigenvalue weighted by molar-refractivity contribution is 0.352. The molecule has 1 N–H and O–H groups in total. The predicted octanol–water partition coefficient (Wildman–Crippen LogP) is 2.51. The summed E-state index contributed by atoms with van der Waals surface area (Å²) in [5.41, 5.74) is 3.54. The van der Waals surface area contributed by atoms with Gasteiger partial charge in [0.15, 0.2) is 0 Å². The number of halogens is 1. The Balaban J connectivity index is 1.90. The van der Waals surface area contributed by atoms with Crippen LogP contribution in [0.5, 0.6) is 5.75 Å². The number of rotatable bonds is 4. The largest absolute Gasteiger partial charge is 0.493 e. The van der Waals surface area contributed by atoms with Crippen molar-refractivity contribution in [3.05, 3.63) is 46.2 Å². The van der Waals surface area contributed by atoms with Crippen molar-refractivity contribution >= 4 is 11.6 Å². The molecule has 2 heterocycles. The molecule has 1 aliphatic rings. The van der Waals surface area contributed by atoms with E-state index in [9.17, 15) is 0 Å². The molecule has 0 saturated heterocycles. The molecule has 1 aromatic heterocycles. The lowest BCUT2D eigenvalue weighted by Crippen LogP contribution is -2.18. The molecule has 5 heteroatoms. The molecule has 0 amide bonds. The summed E-state index contributed by atoms with van der Waals surface area (Å²) < 4.78 is 7.58. The Labute approximate surface area is 123 Å². The summed E-state index contributed by atoms with van der Waals surface area (Å²) in [4.78, 5) is 0. The van der Waals surface area contributed by atoms with Gasteiger partial charge in [0.25, 0.3) is 0 Å². The van der Waals surface area contributed by atoms with Crippen molar-refractivity contribution in [1.29, 1.82) is 0 Å². The summed E-state index contributed by atoms with van der Waals surface area (Å²) in [6.45, 7) is 0.750. The van der Waals surface area contributed by atoms with E-state index in [1.165, 1.54) is 11.1 Å². The minimum absolute atomic E-state index is 0.204. The Bertz CT molecular complexity index is 624. The second kappa shape index (κ2) is 5.46. The van der Waals surface area contributed by atoms with Crippen LogP contribution in [0.2, 0.25) is 5.02 Å². The van der Waals surface area contributed by atoms with E-state index in [-0.39, 0.29) is 6.04 Å². The molecule has 0 aliphatic carbocycles. The third-order valence-corrected chi connectivity index (χ3v) is 3.94. The van der Waals surface area contributed by atoms with Gasteiger partial charge < -0.3 is 10.1 Å². The highest BCUT2D eigenvalue weighted by Crippen LogP contribution is 2.35. The summed E-state index contributed by atoms with van der Waals surface area (Å²) in [6.07, 6.45) is 5.71. The quantitative estimate of drug-likeness (QED) is 0.941. The van der Waals surface area contributed by atoms with Crippen molar-refractivity contribution in [1.82, 2.24) is 15.1 Å². The standard InChI is InChI=1S/C15H18ClN3O/c1-17-14(12-8-18-19(2)9-12)7-11-6-13(16)5-10-3-4-20-15(10)11/h5-6,8-9,14,17H,3-4,7H2,1-2H3. The zero-order valence-electron chi connectivity index (χ0n) is 11.7. The fourth-order valence-electron chi connectivity index (χ4n) is 2.72. The first-order valence-electron chi connectivity index (χ1n) is 6.77. The van der Waals surface area contributed by atoms with Crippen LogP contribution >= 0.6 is 11.6 Å². The lowest BCUT2D eigenvalue weighted by Gasteiger charge is -2.17. The number of hydrogen-bond acceptors (Lipinski definition) is 3. The minimum Gasteiger partial charge on any atom is -0.493 e. The van der Waals surface area contributed by atoms with Crippen LogP contribution in [0.15, 0.2) is 24.5 Å². The van der Waals surface area contributed by atoms with Crippen LogP contribution in [0.25, 0.3) is 0 Å². The summed E-state index contributed by atoms with van der Waals surface area (Å²) in [5, 5.41) is 8.36. The van der Waals surface area contributed by atoms with E-state index in [0.29, 0.717) is 0 Å². The van der Waals surface area contributed by atoms with Crippen LogP contribution < -0.4 is 10.1 Å². The number of nitrogens with one attached hydrogen (secondary N) is 1. The van der Waals surface area contributed by atoms with Gasteiger partial charge in [-0.15, -0.1) is 0 Å². The van der Waals surface area contributed by atoms with E-state index in [2.05, 4.69) is 10.4 Å². The van der Waals surface area contributed by atoms with Crippen LogP contribution in [0, 0.1) is 0 Å². The van der Waals surface area contributed by atoms with Crippen molar-refractivity contribution < 1.29 is 4.74 Å². The first kappa shape index (κ1) is 13.5. The highest BCUT2D eigenvalue weighted by molar-refractivity contribution is 6.30. The average molecular weight is 292 g/mol. The fourth-order valence-corrected chi connectivity index (χ4v) is 2.99. The molecule has 3 rings (SSSR count). The van der Waals surface area contributed by atoms with Gasteiger partial charge in [0, 0.05) is 36.3 Å². The van der Waals surface area contributed by atoms with Gasteiger partial charge in [-0.1, -0.05) is 11.6 Å². The van der Waals surface area contributed by atoms with Gasteiger partial charge in [0.1, 0.15) is 5.75 Å². The van der Waals surface area contributed by atoms with Gasteiger partial charge in [-0.25, -0.2) is 0 Å². The Kier molecular flexibility index (Phi) is 3.68. The highest BCUT2D eigenvalue weighted by atomic mass is 35.5. The van der Waals surface area contributed by atoms with Crippen molar-refractivity contribution in [3.8, 4) is 5.75 Å². The van der Waals surface area contributed by atoms with Crippen LogP contribution in [0.4, 0.5) is 0 Å². The molecule has 1 aliphatic heterocycles. The van der Waals surface area contributed by atoms with Gasteiger partial charge in [0.05, 0.1) is 12.8 Å². The molecule has 1 aromatic carbocycles. The first-order chi connectivity index (χ1) is 9.67. The Morgan fingerprint density at radius 1 is 1.50 bits per heavy atom. The molecular weight excluding hydrogens is 274 g/mol. The third kappa shape index (κ3) is 2.53. The molecule has 0 saturated carbocycles. The van der Waals surface area contributed by atoms with Gasteiger partial charge in [-0.2, -0.15) is 5.10 Å². The third-order valence-electron chi connectivity index (χ3n) is 3.73. The van der Waals surface area contributed by atoms with Crippen LogP contribution in [0.1, 0.15) is 22.7 Å². The molecule has 0 spiro atoms.